The third-order valence-electron chi connectivity index (χ3n) is 8.51. The molecule has 0 bridgehead atoms. The predicted octanol–water partition coefficient (Wildman–Crippen LogP) is 7.26. The van der Waals surface area contributed by atoms with Crippen molar-refractivity contribution < 1.29 is 32.8 Å². The van der Waals surface area contributed by atoms with Crippen LogP contribution in [0.25, 0.3) is 0 Å². The number of carbonyl (C=O) groups is 2. The molecule has 1 aliphatic rings. The van der Waals surface area contributed by atoms with Crippen molar-refractivity contribution in [2.24, 2.45) is 10.4 Å². The second-order valence-electron chi connectivity index (χ2n) is 12.4. The Morgan fingerprint density at radius 1 is 0.717 bits per heavy atom. The van der Waals surface area contributed by atoms with Gasteiger partial charge in [0.1, 0.15) is 31.0 Å². The molecule has 11 heteroatoms. The molecule has 11 nitrogen and oxygen atoms in total. The molecule has 0 aliphatic carbocycles. The van der Waals surface area contributed by atoms with Crippen molar-refractivity contribution in [2.45, 2.75) is 51.7 Å². The number of carbonyl (C=O) groups excluding carboxylic acids is 2. The SMILES string of the molecule is C[N+](CCCCOC(=O)OCOC(=O)C[N+]1(Cc2ccc(N=O)cc2)CCCCC1)(Cc1ccccc1)Cc1ccc(N=O)cc1. The number of ether oxygens (including phenoxy) is 3. The summed E-state index contributed by atoms with van der Waals surface area (Å²) in [6.07, 6.45) is 3.74. The van der Waals surface area contributed by atoms with Gasteiger partial charge in [-0.15, -0.1) is 9.81 Å². The summed E-state index contributed by atoms with van der Waals surface area (Å²) in [6.45, 7) is 4.64. The van der Waals surface area contributed by atoms with Crippen molar-refractivity contribution in [3.63, 3.8) is 0 Å². The minimum absolute atomic E-state index is 0.171. The number of esters is 1. The van der Waals surface area contributed by atoms with Crippen LogP contribution in [0.3, 0.4) is 0 Å². The molecule has 0 radical (unpaired) electrons. The van der Waals surface area contributed by atoms with Crippen LogP contribution in [0.5, 0.6) is 0 Å². The Hall–Kier alpha value is -4.48. The number of nitroso groups, excluding NO2 is 2. The van der Waals surface area contributed by atoms with Gasteiger partial charge in [0, 0.05) is 16.7 Å². The van der Waals surface area contributed by atoms with Crippen molar-refractivity contribution in [1.29, 1.82) is 0 Å². The van der Waals surface area contributed by atoms with Crippen LogP contribution in [0.4, 0.5) is 16.2 Å². The van der Waals surface area contributed by atoms with Gasteiger partial charge in [0.25, 0.3) is 0 Å². The molecule has 1 fully saturated rings. The quantitative estimate of drug-likeness (QED) is 0.0505. The summed E-state index contributed by atoms with van der Waals surface area (Å²) in [5.41, 5.74) is 4.13. The number of hydrogen-bond acceptors (Lipinski definition) is 9. The van der Waals surface area contributed by atoms with Crippen LogP contribution in [0.2, 0.25) is 0 Å². The summed E-state index contributed by atoms with van der Waals surface area (Å²) >= 11 is 0. The number of likely N-dealkylation sites (tertiary alicyclic amines) is 1. The molecule has 3 aromatic carbocycles. The average Bonchev–Trinajstić information content (AvgIpc) is 3.06. The topological polar surface area (TPSA) is 121 Å². The third kappa shape index (κ3) is 11.1. The molecular weight excluding hydrogens is 588 g/mol. The second-order valence-corrected chi connectivity index (χ2v) is 12.4. The summed E-state index contributed by atoms with van der Waals surface area (Å²) in [6, 6.07) is 24.7. The van der Waals surface area contributed by atoms with Gasteiger partial charge in [-0.25, -0.2) is 9.59 Å². The van der Waals surface area contributed by atoms with E-state index in [1.165, 1.54) is 5.56 Å². The van der Waals surface area contributed by atoms with Crippen LogP contribution in [0.15, 0.2) is 89.2 Å². The highest BCUT2D eigenvalue weighted by Crippen LogP contribution is 2.25. The first-order valence-corrected chi connectivity index (χ1v) is 15.8. The van der Waals surface area contributed by atoms with E-state index in [0.717, 1.165) is 74.0 Å². The predicted molar refractivity (Wildman–Crippen MR) is 174 cm³/mol. The van der Waals surface area contributed by atoms with E-state index in [1.54, 1.807) is 24.3 Å². The number of quaternary nitrogens is 2. The Kier molecular flexibility index (Phi) is 12.9. The van der Waals surface area contributed by atoms with Crippen molar-refractivity contribution in [2.75, 3.05) is 46.6 Å². The lowest BCUT2D eigenvalue weighted by atomic mass is 10.0. The normalized spacial score (nSPS) is 15.2. The van der Waals surface area contributed by atoms with E-state index in [4.69, 9.17) is 14.2 Å². The van der Waals surface area contributed by atoms with Crippen LogP contribution in [0.1, 0.15) is 48.8 Å². The highest BCUT2D eigenvalue weighted by Gasteiger charge is 2.33. The summed E-state index contributed by atoms with van der Waals surface area (Å²) in [4.78, 5) is 46.4. The molecule has 4 rings (SSSR count). The van der Waals surface area contributed by atoms with E-state index in [9.17, 15) is 19.4 Å². The third-order valence-corrected chi connectivity index (χ3v) is 8.51. The molecule has 0 spiro atoms. The maximum atomic E-state index is 12.7. The minimum atomic E-state index is -0.871. The number of benzene rings is 3. The summed E-state index contributed by atoms with van der Waals surface area (Å²) < 4.78 is 16.8. The fraction of sp³-hybridized carbons (Fsp3) is 0.429. The van der Waals surface area contributed by atoms with Crippen LogP contribution in [0, 0.1) is 9.81 Å². The van der Waals surface area contributed by atoms with Gasteiger partial charge in [-0.05, 0) is 66.7 Å². The van der Waals surface area contributed by atoms with Crippen LogP contribution in [-0.2, 0) is 38.6 Å². The Balaban J connectivity index is 1.18. The zero-order valence-electron chi connectivity index (χ0n) is 26.6. The lowest BCUT2D eigenvalue weighted by molar-refractivity contribution is -0.938. The lowest BCUT2D eigenvalue weighted by Gasteiger charge is -2.40. The van der Waals surface area contributed by atoms with E-state index in [1.807, 2.05) is 42.5 Å². The largest absolute Gasteiger partial charge is 0.511 e. The summed E-state index contributed by atoms with van der Waals surface area (Å²) in [5.74, 6) is -0.437. The van der Waals surface area contributed by atoms with Gasteiger partial charge < -0.3 is 23.2 Å². The molecule has 0 saturated carbocycles. The molecule has 0 amide bonds. The Morgan fingerprint density at radius 2 is 1.30 bits per heavy atom. The highest BCUT2D eigenvalue weighted by molar-refractivity contribution is 5.70. The fourth-order valence-electron chi connectivity index (χ4n) is 6.20. The first kappa shape index (κ1) is 34.4. The number of nitrogens with zero attached hydrogens (tertiary/aromatic N) is 4. The zero-order valence-corrected chi connectivity index (χ0v) is 26.6. The standard InChI is InChI=1S/C35H44N4O7/c1-38(24-29-10-4-2-5-11-29,25-30-12-16-32(36-42)17-13-30)20-8-9-23-44-35(41)46-28-45-34(40)27-39(21-6-3-7-22-39)26-31-14-18-33(37-43)19-15-31/h2,4-5,10-19H,3,6-9,20-28H2,1H3/q+2. The van der Waals surface area contributed by atoms with E-state index < -0.39 is 18.9 Å². The maximum Gasteiger partial charge on any atom is 0.511 e. The molecule has 1 unspecified atom stereocenters. The first-order chi connectivity index (χ1) is 22.3. The summed E-state index contributed by atoms with van der Waals surface area (Å²) in [5, 5.41) is 5.94. The van der Waals surface area contributed by atoms with E-state index >= 15 is 0 Å². The van der Waals surface area contributed by atoms with Crippen LogP contribution < -0.4 is 0 Å². The van der Waals surface area contributed by atoms with Gasteiger partial charge in [-0.3, -0.25) is 0 Å². The minimum Gasteiger partial charge on any atom is -0.434 e. The fourth-order valence-corrected chi connectivity index (χ4v) is 6.20. The molecule has 1 atom stereocenters. The number of rotatable bonds is 17. The molecule has 0 aromatic heterocycles. The molecule has 0 N–H and O–H groups in total. The smallest absolute Gasteiger partial charge is 0.434 e. The van der Waals surface area contributed by atoms with Gasteiger partial charge in [0.05, 0.1) is 33.3 Å². The van der Waals surface area contributed by atoms with Gasteiger partial charge >= 0.3 is 12.1 Å². The Labute approximate surface area is 270 Å². The molecule has 244 valence electrons. The molecule has 1 heterocycles. The van der Waals surface area contributed by atoms with E-state index in [-0.39, 0.29) is 13.2 Å². The first-order valence-electron chi connectivity index (χ1n) is 15.8. The monoisotopic (exact) mass is 632 g/mol. The average molecular weight is 633 g/mol. The molecule has 1 saturated heterocycles. The Bertz CT molecular complexity index is 1410. The highest BCUT2D eigenvalue weighted by atomic mass is 16.8. The van der Waals surface area contributed by atoms with Gasteiger partial charge in [-0.1, -0.05) is 54.6 Å². The van der Waals surface area contributed by atoms with Crippen molar-refractivity contribution >= 4 is 23.5 Å². The zero-order chi connectivity index (χ0) is 32.7. The number of hydrogen-bond donors (Lipinski definition) is 0. The van der Waals surface area contributed by atoms with Crippen LogP contribution in [-0.4, -0.2) is 67.7 Å². The van der Waals surface area contributed by atoms with E-state index in [2.05, 4.69) is 29.5 Å². The molecule has 46 heavy (non-hydrogen) atoms. The lowest BCUT2D eigenvalue weighted by Crippen LogP contribution is -2.53. The Morgan fingerprint density at radius 3 is 1.91 bits per heavy atom. The number of piperidine rings is 1. The van der Waals surface area contributed by atoms with Gasteiger partial charge in [-0.2, -0.15) is 0 Å². The van der Waals surface area contributed by atoms with Crippen molar-refractivity contribution in [1.82, 2.24) is 0 Å². The summed E-state index contributed by atoms with van der Waals surface area (Å²) in [7, 11) is 2.19. The molecule has 3 aromatic rings. The van der Waals surface area contributed by atoms with Crippen molar-refractivity contribution in [3.8, 4) is 0 Å². The van der Waals surface area contributed by atoms with Crippen molar-refractivity contribution in [3.05, 3.63) is 105 Å². The van der Waals surface area contributed by atoms with Crippen LogP contribution >= 0.6 is 0 Å². The molecule has 1 aliphatic heterocycles. The molecular formula is C35H44N4O7+2. The maximum absolute atomic E-state index is 12.7. The number of unbranched alkanes of at least 4 members (excludes halogenated alkanes) is 1. The van der Waals surface area contributed by atoms with E-state index in [0.29, 0.717) is 28.8 Å². The van der Waals surface area contributed by atoms with Gasteiger partial charge in [0.15, 0.2) is 6.54 Å². The van der Waals surface area contributed by atoms with Gasteiger partial charge in [0.2, 0.25) is 6.79 Å². The second kappa shape index (κ2) is 17.3.